The molecule has 4 rings (SSSR count). The van der Waals surface area contributed by atoms with Crippen molar-refractivity contribution < 1.29 is 8.42 Å². The Balaban J connectivity index is 1.52. The van der Waals surface area contributed by atoms with Crippen molar-refractivity contribution in [1.82, 2.24) is 24.6 Å². The summed E-state index contributed by atoms with van der Waals surface area (Å²) >= 11 is 6.11. The van der Waals surface area contributed by atoms with Gasteiger partial charge < -0.3 is 5.32 Å². The van der Waals surface area contributed by atoms with E-state index in [1.54, 1.807) is 16.9 Å². The molecule has 0 bridgehead atoms. The van der Waals surface area contributed by atoms with Crippen LogP contribution in [-0.4, -0.2) is 51.8 Å². The minimum absolute atomic E-state index is 0.271. The van der Waals surface area contributed by atoms with Crippen molar-refractivity contribution in [2.75, 3.05) is 18.1 Å². The summed E-state index contributed by atoms with van der Waals surface area (Å²) < 4.78 is 26.9. The van der Waals surface area contributed by atoms with Crippen LogP contribution in [0, 0.1) is 0 Å². The number of aryl methyl sites for hydroxylation is 1. The van der Waals surface area contributed by atoms with Crippen LogP contribution in [0.2, 0.25) is 5.15 Å². The zero-order valence-electron chi connectivity index (χ0n) is 15.1. The van der Waals surface area contributed by atoms with E-state index in [9.17, 15) is 8.42 Å². The van der Waals surface area contributed by atoms with Gasteiger partial charge in [0.15, 0.2) is 0 Å². The Morgan fingerprint density at radius 1 is 1.26 bits per heavy atom. The lowest BCUT2D eigenvalue weighted by molar-refractivity contribution is 0.466. The molecule has 1 saturated heterocycles. The maximum absolute atomic E-state index is 11.5. The second kappa shape index (κ2) is 7.26. The highest BCUT2D eigenvalue weighted by Gasteiger charge is 2.23. The molecular weight excluding hydrogens is 386 g/mol. The van der Waals surface area contributed by atoms with Crippen molar-refractivity contribution in [1.29, 1.82) is 0 Å². The summed E-state index contributed by atoms with van der Waals surface area (Å²) in [7, 11) is -0.943. The van der Waals surface area contributed by atoms with Gasteiger partial charge in [-0.05, 0) is 43.5 Å². The van der Waals surface area contributed by atoms with Gasteiger partial charge in [-0.1, -0.05) is 11.6 Å². The lowest BCUT2D eigenvalue weighted by Gasteiger charge is -2.23. The minimum atomic E-state index is -2.82. The topological polar surface area (TPSA) is 81.8 Å². The summed E-state index contributed by atoms with van der Waals surface area (Å²) in [6.45, 7) is 0.791. The smallest absolute Gasteiger partial charge is 0.150 e. The average Bonchev–Trinajstić information content (AvgIpc) is 3.20. The average molecular weight is 408 g/mol. The molecule has 9 heteroatoms. The molecule has 0 spiro atoms. The molecule has 1 aliphatic rings. The van der Waals surface area contributed by atoms with E-state index < -0.39 is 9.84 Å². The third-order valence-corrected chi connectivity index (χ3v) is 6.98. The summed E-state index contributed by atoms with van der Waals surface area (Å²) in [5, 5.41) is 9.26. The number of rotatable bonds is 5. The van der Waals surface area contributed by atoms with Crippen LogP contribution in [0.1, 0.15) is 18.4 Å². The second-order valence-corrected chi connectivity index (χ2v) is 9.72. The monoisotopic (exact) mass is 407 g/mol. The number of pyridine rings is 1. The maximum atomic E-state index is 11.5. The highest BCUT2D eigenvalue weighted by atomic mass is 35.5. The third kappa shape index (κ3) is 4.02. The first kappa shape index (κ1) is 18.5. The largest absolute Gasteiger partial charge is 0.314 e. The van der Waals surface area contributed by atoms with Gasteiger partial charge in [-0.2, -0.15) is 5.10 Å². The zero-order valence-corrected chi connectivity index (χ0v) is 16.7. The summed E-state index contributed by atoms with van der Waals surface area (Å²) in [6.07, 6.45) is 8.03. The molecule has 1 fully saturated rings. The first-order chi connectivity index (χ1) is 12.9. The molecular formula is C18H22ClN5O2S. The Hall–Kier alpha value is -1.90. The number of nitrogens with zero attached hydrogens (tertiary/aromatic N) is 4. The quantitative estimate of drug-likeness (QED) is 0.655. The predicted molar refractivity (Wildman–Crippen MR) is 106 cm³/mol. The van der Waals surface area contributed by atoms with E-state index in [2.05, 4.69) is 21.6 Å². The molecule has 4 heterocycles. The number of hydrogen-bond acceptors (Lipinski definition) is 5. The Morgan fingerprint density at radius 2 is 2.04 bits per heavy atom. The van der Waals surface area contributed by atoms with Crippen LogP contribution in [0.3, 0.4) is 0 Å². The van der Waals surface area contributed by atoms with Gasteiger partial charge in [0.1, 0.15) is 20.6 Å². The summed E-state index contributed by atoms with van der Waals surface area (Å²) in [6, 6.07) is 4.08. The molecule has 0 amide bonds. The minimum Gasteiger partial charge on any atom is -0.314 e. The molecule has 3 aromatic heterocycles. The van der Waals surface area contributed by atoms with E-state index in [1.165, 1.54) is 5.56 Å². The number of aromatic nitrogens is 4. The summed E-state index contributed by atoms with van der Waals surface area (Å²) in [5.41, 5.74) is 2.93. The maximum Gasteiger partial charge on any atom is 0.150 e. The van der Waals surface area contributed by atoms with E-state index in [-0.39, 0.29) is 17.5 Å². The SMILES string of the molecule is Cn1cc(-n2cc(CCNC3CCS(=O)(=O)CC3)c3ccc(Cl)nc32)cn1. The lowest BCUT2D eigenvalue weighted by atomic mass is 10.1. The molecule has 144 valence electrons. The standard InChI is InChI=1S/C18H22ClN5O2S/c1-23-12-15(10-21-23)24-11-13(16-2-3-17(19)22-18(16)24)4-7-20-14-5-8-27(25,26)9-6-14/h2-3,10-12,14,20H,4-9H2,1H3. The molecule has 7 nitrogen and oxygen atoms in total. The van der Waals surface area contributed by atoms with Gasteiger partial charge in [0, 0.05) is 30.9 Å². The number of halogens is 1. The lowest BCUT2D eigenvalue weighted by Crippen LogP contribution is -2.38. The molecule has 27 heavy (non-hydrogen) atoms. The first-order valence-electron chi connectivity index (χ1n) is 9.00. The van der Waals surface area contributed by atoms with Crippen LogP contribution in [-0.2, 0) is 23.3 Å². The van der Waals surface area contributed by atoms with Crippen molar-refractivity contribution in [3.05, 3.63) is 41.4 Å². The second-order valence-electron chi connectivity index (χ2n) is 7.03. The van der Waals surface area contributed by atoms with Gasteiger partial charge in [-0.25, -0.2) is 13.4 Å². The number of nitrogens with one attached hydrogen (secondary N) is 1. The highest BCUT2D eigenvalue weighted by Crippen LogP contribution is 2.25. The molecule has 0 radical (unpaired) electrons. The summed E-state index contributed by atoms with van der Waals surface area (Å²) in [5.74, 6) is 0.570. The van der Waals surface area contributed by atoms with Crippen molar-refractivity contribution in [2.24, 2.45) is 7.05 Å². The van der Waals surface area contributed by atoms with Crippen molar-refractivity contribution in [3.63, 3.8) is 0 Å². The van der Waals surface area contributed by atoms with E-state index in [1.807, 2.05) is 23.9 Å². The number of fused-ring (bicyclic) bond motifs is 1. The van der Waals surface area contributed by atoms with Crippen LogP contribution in [0.4, 0.5) is 0 Å². The van der Waals surface area contributed by atoms with Crippen molar-refractivity contribution >= 4 is 32.5 Å². The van der Waals surface area contributed by atoms with E-state index in [0.717, 1.165) is 29.7 Å². The fourth-order valence-electron chi connectivity index (χ4n) is 3.58. The van der Waals surface area contributed by atoms with Crippen LogP contribution in [0.5, 0.6) is 0 Å². The van der Waals surface area contributed by atoms with E-state index in [0.29, 0.717) is 18.0 Å². The molecule has 0 atom stereocenters. The highest BCUT2D eigenvalue weighted by molar-refractivity contribution is 7.91. The normalized spacial score (nSPS) is 17.6. The van der Waals surface area contributed by atoms with Crippen LogP contribution < -0.4 is 5.32 Å². The molecule has 3 aromatic rings. The zero-order chi connectivity index (χ0) is 19.0. The van der Waals surface area contributed by atoms with Gasteiger partial charge in [0.2, 0.25) is 0 Å². The van der Waals surface area contributed by atoms with Crippen molar-refractivity contribution in [2.45, 2.75) is 25.3 Å². The number of sulfone groups is 1. The van der Waals surface area contributed by atoms with E-state index in [4.69, 9.17) is 11.6 Å². The molecule has 0 saturated carbocycles. The van der Waals surface area contributed by atoms with Crippen molar-refractivity contribution in [3.8, 4) is 5.69 Å². The summed E-state index contributed by atoms with van der Waals surface area (Å²) in [4.78, 5) is 4.50. The molecule has 0 unspecified atom stereocenters. The van der Waals surface area contributed by atoms with Gasteiger partial charge >= 0.3 is 0 Å². The van der Waals surface area contributed by atoms with Gasteiger partial charge in [0.05, 0.1) is 23.4 Å². The predicted octanol–water partition coefficient (Wildman–Crippen LogP) is 2.12. The van der Waals surface area contributed by atoms with E-state index >= 15 is 0 Å². The van der Waals surface area contributed by atoms with Crippen LogP contribution >= 0.6 is 11.6 Å². The van der Waals surface area contributed by atoms with Gasteiger partial charge in [-0.3, -0.25) is 9.25 Å². The molecule has 0 aliphatic carbocycles. The Morgan fingerprint density at radius 3 is 2.74 bits per heavy atom. The van der Waals surface area contributed by atoms with Gasteiger partial charge in [-0.15, -0.1) is 0 Å². The fourth-order valence-corrected chi connectivity index (χ4v) is 5.21. The van der Waals surface area contributed by atoms with Gasteiger partial charge in [0.25, 0.3) is 0 Å². The number of hydrogen-bond donors (Lipinski definition) is 1. The third-order valence-electron chi connectivity index (χ3n) is 5.05. The molecule has 1 aliphatic heterocycles. The Kier molecular flexibility index (Phi) is 4.96. The Bertz CT molecular complexity index is 1060. The van der Waals surface area contributed by atoms with Crippen LogP contribution in [0.15, 0.2) is 30.7 Å². The molecule has 1 N–H and O–H groups in total. The van der Waals surface area contributed by atoms with Crippen LogP contribution in [0.25, 0.3) is 16.7 Å². The fraction of sp³-hybridized carbons (Fsp3) is 0.444. The first-order valence-corrected chi connectivity index (χ1v) is 11.2. The Labute approximate surface area is 163 Å². The molecule has 0 aromatic carbocycles.